The third-order valence-electron chi connectivity index (χ3n) is 4.34. The number of hydrogen-bond donors (Lipinski definition) is 0. The average Bonchev–Trinajstić information content (AvgIpc) is 1.79. The minimum Gasteiger partial charge on any atom is -0.0480 e. The first-order chi connectivity index (χ1) is 5.23. The van der Waals surface area contributed by atoms with Crippen LogP contribution in [0.5, 0.6) is 0 Å². The van der Waals surface area contributed by atoms with Crippen LogP contribution in [0.15, 0.2) is 0 Å². The number of hydrogen-bond acceptors (Lipinski definition) is 0. The molecule has 0 heterocycles. The molecule has 4 aliphatic carbocycles. The molecule has 11 heavy (non-hydrogen) atoms. The smallest absolute Gasteiger partial charge is 0.0107 e. The molecule has 0 aliphatic heterocycles. The molecule has 0 spiro atoms. The second-order valence-corrected chi connectivity index (χ2v) is 7.85. The Bertz CT molecular complexity index is 150. The molecule has 0 aromatic rings. The normalized spacial score (nSPS) is 60.5. The highest BCUT2D eigenvalue weighted by Crippen LogP contribution is 2.62. The summed E-state index contributed by atoms with van der Waals surface area (Å²) in [5.41, 5.74) is 0. The van der Waals surface area contributed by atoms with Gasteiger partial charge in [-0.1, -0.05) is 0 Å². The van der Waals surface area contributed by atoms with Crippen molar-refractivity contribution in [1.29, 1.82) is 0 Å². The van der Waals surface area contributed by atoms with Gasteiger partial charge in [-0.3, -0.25) is 0 Å². The molecule has 0 atom stereocenters. The summed E-state index contributed by atoms with van der Waals surface area (Å²) < 4.78 is 0. The van der Waals surface area contributed by atoms with Crippen LogP contribution in [0.1, 0.15) is 38.5 Å². The molecule has 62 valence electrons. The van der Waals surface area contributed by atoms with E-state index >= 15 is 0 Å². The van der Waals surface area contributed by atoms with E-state index in [1.165, 1.54) is 28.0 Å². The molecule has 0 N–H and O–H groups in total. The molecule has 0 aromatic carbocycles. The summed E-state index contributed by atoms with van der Waals surface area (Å²) in [6.45, 7) is 0. The third-order valence-corrected chi connectivity index (χ3v) is 5.57. The predicted octanol–water partition coefficient (Wildman–Crippen LogP) is 1.74. The summed E-state index contributed by atoms with van der Waals surface area (Å²) in [5.74, 6) is 3.54. The molecular formula is C10H18Si. The quantitative estimate of drug-likeness (QED) is 0.481. The van der Waals surface area contributed by atoms with Gasteiger partial charge in [-0.05, 0) is 61.3 Å². The van der Waals surface area contributed by atoms with Gasteiger partial charge in [0.1, 0.15) is 0 Å². The largest absolute Gasteiger partial charge is 0.0480 e. The topological polar surface area (TPSA) is 0 Å². The predicted molar refractivity (Wildman–Crippen MR) is 50.8 cm³/mol. The van der Waals surface area contributed by atoms with E-state index in [-0.39, 0.29) is 0 Å². The minimum absolute atomic E-state index is 0.939. The zero-order valence-corrected chi connectivity index (χ0v) is 9.47. The molecule has 4 aliphatic rings. The average molecular weight is 166 g/mol. The van der Waals surface area contributed by atoms with Crippen molar-refractivity contribution in [2.45, 2.75) is 43.6 Å². The van der Waals surface area contributed by atoms with Gasteiger partial charge >= 0.3 is 0 Å². The zero-order valence-electron chi connectivity index (χ0n) is 7.47. The van der Waals surface area contributed by atoms with E-state index in [9.17, 15) is 0 Å². The third kappa shape index (κ3) is 0.931. The summed E-state index contributed by atoms with van der Waals surface area (Å²) in [4.78, 5) is 0. The van der Waals surface area contributed by atoms with E-state index in [1.54, 1.807) is 38.5 Å². The van der Waals surface area contributed by atoms with E-state index in [1.807, 2.05) is 0 Å². The van der Waals surface area contributed by atoms with Crippen molar-refractivity contribution in [3.8, 4) is 0 Å². The van der Waals surface area contributed by atoms with Crippen molar-refractivity contribution in [3.63, 3.8) is 0 Å². The van der Waals surface area contributed by atoms with Gasteiger partial charge in [-0.2, -0.15) is 0 Å². The van der Waals surface area contributed by atoms with Crippen molar-refractivity contribution >= 4 is 10.2 Å². The second kappa shape index (κ2) is 1.93. The van der Waals surface area contributed by atoms with Crippen molar-refractivity contribution in [1.82, 2.24) is 0 Å². The van der Waals surface area contributed by atoms with E-state index in [0.29, 0.717) is 0 Å². The molecular weight excluding hydrogens is 148 g/mol. The highest BCUT2D eigenvalue weighted by Gasteiger charge is 2.47. The number of rotatable bonds is 0. The standard InChI is InChI=1S/C10H18Si/c11-10-4-7-1-8(5-10)3-9(2-7)6-10/h7-9H,1-6H2,11H3. The van der Waals surface area contributed by atoms with Gasteiger partial charge in [-0.25, -0.2) is 0 Å². The van der Waals surface area contributed by atoms with Crippen LogP contribution in [0, 0.1) is 17.8 Å². The van der Waals surface area contributed by atoms with Gasteiger partial charge < -0.3 is 0 Å². The lowest BCUT2D eigenvalue weighted by Gasteiger charge is -2.55. The summed E-state index contributed by atoms with van der Waals surface area (Å²) in [6.07, 6.45) is 9.73. The molecule has 0 amide bonds. The summed E-state index contributed by atoms with van der Waals surface area (Å²) in [5, 5.41) is 0.939. The molecule has 1 heteroatoms. The summed E-state index contributed by atoms with van der Waals surface area (Å²) in [6, 6.07) is 0. The fourth-order valence-corrected chi connectivity index (χ4v) is 6.28. The van der Waals surface area contributed by atoms with Crippen molar-refractivity contribution < 1.29 is 0 Å². The van der Waals surface area contributed by atoms with Gasteiger partial charge in [0.15, 0.2) is 0 Å². The van der Waals surface area contributed by atoms with Gasteiger partial charge in [0.25, 0.3) is 0 Å². The molecule has 0 nitrogen and oxygen atoms in total. The second-order valence-electron chi connectivity index (χ2n) is 5.73. The van der Waals surface area contributed by atoms with E-state index < -0.39 is 0 Å². The van der Waals surface area contributed by atoms with Crippen LogP contribution >= 0.6 is 0 Å². The van der Waals surface area contributed by atoms with Gasteiger partial charge in [0.2, 0.25) is 0 Å². The molecule has 0 aromatic heterocycles. The maximum atomic E-state index is 1.63. The van der Waals surface area contributed by atoms with Crippen molar-refractivity contribution in [3.05, 3.63) is 0 Å². The Balaban J connectivity index is 1.94. The van der Waals surface area contributed by atoms with E-state index in [2.05, 4.69) is 0 Å². The van der Waals surface area contributed by atoms with Crippen molar-refractivity contribution in [2.75, 3.05) is 0 Å². The van der Waals surface area contributed by atoms with E-state index in [0.717, 1.165) is 5.04 Å². The highest BCUT2D eigenvalue weighted by atomic mass is 28.1. The lowest BCUT2D eigenvalue weighted by atomic mass is 9.56. The Morgan fingerprint density at radius 1 is 0.818 bits per heavy atom. The fourth-order valence-electron chi connectivity index (χ4n) is 4.54. The lowest BCUT2D eigenvalue weighted by molar-refractivity contribution is 0.0303. The van der Waals surface area contributed by atoms with Crippen LogP contribution in [-0.4, -0.2) is 10.2 Å². The molecule has 0 saturated heterocycles. The fraction of sp³-hybridized carbons (Fsp3) is 1.00. The molecule has 4 rings (SSSR count). The summed E-state index contributed by atoms with van der Waals surface area (Å²) in [7, 11) is 1.49. The first-order valence-electron chi connectivity index (χ1n) is 5.23. The Kier molecular flexibility index (Phi) is 1.17. The molecule has 4 bridgehead atoms. The van der Waals surface area contributed by atoms with Crippen LogP contribution in [0.2, 0.25) is 5.04 Å². The lowest BCUT2D eigenvalue weighted by Crippen LogP contribution is -2.42. The van der Waals surface area contributed by atoms with Crippen molar-refractivity contribution in [2.24, 2.45) is 17.8 Å². The Morgan fingerprint density at radius 2 is 1.18 bits per heavy atom. The monoisotopic (exact) mass is 166 g/mol. The first kappa shape index (κ1) is 6.70. The van der Waals surface area contributed by atoms with E-state index in [4.69, 9.17) is 0 Å². The van der Waals surface area contributed by atoms with Crippen LogP contribution in [-0.2, 0) is 0 Å². The van der Waals surface area contributed by atoms with Crippen LogP contribution in [0.4, 0.5) is 0 Å². The minimum atomic E-state index is 0.939. The molecule has 0 unspecified atom stereocenters. The van der Waals surface area contributed by atoms with Crippen LogP contribution < -0.4 is 0 Å². The Hall–Kier alpha value is 0.217. The SMILES string of the molecule is [SiH3]C12CC3CC(CC(C3)C1)C2. The Labute approximate surface area is 72.2 Å². The zero-order chi connectivity index (χ0) is 7.47. The van der Waals surface area contributed by atoms with Crippen LogP contribution in [0.3, 0.4) is 0 Å². The molecule has 4 fully saturated rings. The van der Waals surface area contributed by atoms with Gasteiger partial charge in [-0.15, -0.1) is 0 Å². The van der Waals surface area contributed by atoms with Gasteiger partial charge in [0.05, 0.1) is 0 Å². The Morgan fingerprint density at radius 3 is 1.45 bits per heavy atom. The van der Waals surface area contributed by atoms with Crippen LogP contribution in [0.25, 0.3) is 0 Å². The summed E-state index contributed by atoms with van der Waals surface area (Å²) >= 11 is 0. The van der Waals surface area contributed by atoms with Gasteiger partial charge in [0, 0.05) is 10.2 Å². The molecule has 0 radical (unpaired) electrons. The molecule has 4 saturated carbocycles. The first-order valence-corrected chi connectivity index (χ1v) is 6.23. The highest BCUT2D eigenvalue weighted by molar-refractivity contribution is 6.15. The maximum Gasteiger partial charge on any atom is 0.0107 e. The maximum absolute atomic E-state index is 1.63.